The number of rotatable bonds is 1. The molecule has 2 fully saturated rings. The van der Waals surface area contributed by atoms with Crippen LogP contribution in [0.1, 0.15) is 47.0 Å². The smallest absolute Gasteiger partial charge is 0.00152 e. The zero-order valence-electron chi connectivity index (χ0n) is 11.5. The van der Waals surface area contributed by atoms with E-state index in [2.05, 4.69) is 33.0 Å². The van der Waals surface area contributed by atoms with Crippen LogP contribution in [0.5, 0.6) is 0 Å². The monoisotopic (exact) mass is 223 g/mol. The van der Waals surface area contributed by atoms with Crippen molar-refractivity contribution in [3.8, 4) is 0 Å². The van der Waals surface area contributed by atoms with Crippen molar-refractivity contribution < 1.29 is 0 Å². The van der Waals surface area contributed by atoms with Crippen LogP contribution in [0, 0.1) is 35.5 Å². The number of nitrogens with one attached hydrogen (secondary N) is 1. The minimum atomic E-state index is 0.909. The van der Waals surface area contributed by atoms with Gasteiger partial charge in [-0.1, -0.05) is 27.7 Å². The van der Waals surface area contributed by atoms with Gasteiger partial charge in [-0.25, -0.2) is 0 Å². The highest BCUT2D eigenvalue weighted by Crippen LogP contribution is 2.44. The SMILES string of the molecule is CC1CC(C2CNCCC(C)C2C)CC1C. The Morgan fingerprint density at radius 2 is 1.50 bits per heavy atom. The molecule has 0 aromatic rings. The summed E-state index contributed by atoms with van der Waals surface area (Å²) in [5.74, 6) is 5.66. The summed E-state index contributed by atoms with van der Waals surface area (Å²) in [5, 5.41) is 3.66. The Balaban J connectivity index is 2.01. The van der Waals surface area contributed by atoms with E-state index in [0.717, 1.165) is 35.5 Å². The molecule has 1 saturated heterocycles. The van der Waals surface area contributed by atoms with Crippen LogP contribution in [0.4, 0.5) is 0 Å². The average molecular weight is 223 g/mol. The maximum Gasteiger partial charge on any atom is -0.00152 e. The van der Waals surface area contributed by atoms with Crippen LogP contribution in [0.25, 0.3) is 0 Å². The van der Waals surface area contributed by atoms with Gasteiger partial charge in [0, 0.05) is 0 Å². The third-order valence-corrected chi connectivity index (χ3v) is 5.66. The van der Waals surface area contributed by atoms with Crippen molar-refractivity contribution in [1.82, 2.24) is 5.32 Å². The van der Waals surface area contributed by atoms with Gasteiger partial charge in [0.05, 0.1) is 0 Å². The molecule has 94 valence electrons. The molecule has 1 aliphatic carbocycles. The second-order valence-electron chi connectivity index (χ2n) is 6.68. The first-order valence-electron chi connectivity index (χ1n) is 7.30. The highest BCUT2D eigenvalue weighted by Gasteiger charge is 2.37. The van der Waals surface area contributed by atoms with Gasteiger partial charge < -0.3 is 5.32 Å². The Morgan fingerprint density at radius 3 is 2.12 bits per heavy atom. The quantitative estimate of drug-likeness (QED) is 0.717. The molecule has 1 aliphatic heterocycles. The minimum absolute atomic E-state index is 0.909. The fourth-order valence-electron chi connectivity index (χ4n) is 3.93. The minimum Gasteiger partial charge on any atom is -0.316 e. The van der Waals surface area contributed by atoms with E-state index in [0.29, 0.717) is 0 Å². The van der Waals surface area contributed by atoms with Crippen LogP contribution in [-0.2, 0) is 0 Å². The van der Waals surface area contributed by atoms with E-state index in [1.807, 2.05) is 0 Å². The van der Waals surface area contributed by atoms with Gasteiger partial charge in [-0.15, -0.1) is 0 Å². The molecule has 5 atom stereocenters. The van der Waals surface area contributed by atoms with E-state index >= 15 is 0 Å². The van der Waals surface area contributed by atoms with E-state index in [1.165, 1.54) is 32.4 Å². The normalized spacial score (nSPS) is 50.2. The Morgan fingerprint density at radius 1 is 0.875 bits per heavy atom. The Hall–Kier alpha value is -0.0400. The molecule has 0 radical (unpaired) electrons. The predicted molar refractivity (Wildman–Crippen MR) is 70.4 cm³/mol. The molecule has 0 aromatic carbocycles. The van der Waals surface area contributed by atoms with E-state index < -0.39 is 0 Å². The van der Waals surface area contributed by atoms with Crippen molar-refractivity contribution in [3.05, 3.63) is 0 Å². The lowest BCUT2D eigenvalue weighted by Gasteiger charge is -2.31. The molecule has 0 spiro atoms. The predicted octanol–water partition coefficient (Wildman–Crippen LogP) is 3.55. The summed E-state index contributed by atoms with van der Waals surface area (Å²) in [6.45, 7) is 12.4. The van der Waals surface area contributed by atoms with Gasteiger partial charge in [-0.05, 0) is 67.9 Å². The van der Waals surface area contributed by atoms with Crippen LogP contribution in [0.3, 0.4) is 0 Å². The zero-order valence-corrected chi connectivity index (χ0v) is 11.5. The van der Waals surface area contributed by atoms with Gasteiger partial charge in [0.1, 0.15) is 0 Å². The molecule has 1 heterocycles. The van der Waals surface area contributed by atoms with E-state index in [-0.39, 0.29) is 0 Å². The fourth-order valence-corrected chi connectivity index (χ4v) is 3.93. The van der Waals surface area contributed by atoms with Crippen molar-refractivity contribution in [2.45, 2.75) is 47.0 Å². The summed E-state index contributed by atoms with van der Waals surface area (Å²) >= 11 is 0. The summed E-state index contributed by atoms with van der Waals surface area (Å²) in [4.78, 5) is 0. The first kappa shape index (κ1) is 12.4. The second-order valence-corrected chi connectivity index (χ2v) is 6.68. The second kappa shape index (κ2) is 5.08. The van der Waals surface area contributed by atoms with Gasteiger partial charge in [0.15, 0.2) is 0 Å². The van der Waals surface area contributed by atoms with Crippen LogP contribution in [-0.4, -0.2) is 13.1 Å². The third-order valence-electron chi connectivity index (χ3n) is 5.66. The van der Waals surface area contributed by atoms with E-state index in [4.69, 9.17) is 0 Å². The molecular weight excluding hydrogens is 194 g/mol. The largest absolute Gasteiger partial charge is 0.316 e. The van der Waals surface area contributed by atoms with Crippen molar-refractivity contribution in [1.29, 1.82) is 0 Å². The molecule has 0 bridgehead atoms. The van der Waals surface area contributed by atoms with Crippen molar-refractivity contribution >= 4 is 0 Å². The summed E-state index contributed by atoms with van der Waals surface area (Å²) in [7, 11) is 0. The molecule has 0 amide bonds. The number of hydrogen-bond donors (Lipinski definition) is 1. The molecule has 1 saturated carbocycles. The molecule has 2 aliphatic rings. The molecule has 5 unspecified atom stereocenters. The topological polar surface area (TPSA) is 12.0 Å². The average Bonchev–Trinajstić information content (AvgIpc) is 2.47. The van der Waals surface area contributed by atoms with Crippen LogP contribution < -0.4 is 5.32 Å². The zero-order chi connectivity index (χ0) is 11.7. The lowest BCUT2D eigenvalue weighted by molar-refractivity contribution is 0.195. The molecule has 2 rings (SSSR count). The third kappa shape index (κ3) is 2.45. The van der Waals surface area contributed by atoms with Gasteiger partial charge in [0.2, 0.25) is 0 Å². The first-order valence-corrected chi connectivity index (χ1v) is 7.30. The maximum absolute atomic E-state index is 3.66. The standard InChI is InChI=1S/C15H29N/c1-10-5-6-16-9-15(13(10)4)14-7-11(2)12(3)8-14/h10-16H,5-9H2,1-4H3. The highest BCUT2D eigenvalue weighted by molar-refractivity contribution is 4.88. The summed E-state index contributed by atoms with van der Waals surface area (Å²) < 4.78 is 0. The summed E-state index contributed by atoms with van der Waals surface area (Å²) in [6, 6.07) is 0. The van der Waals surface area contributed by atoms with Crippen LogP contribution >= 0.6 is 0 Å². The van der Waals surface area contributed by atoms with Gasteiger partial charge in [-0.3, -0.25) is 0 Å². The Labute approximate surface area is 101 Å². The Kier molecular flexibility index (Phi) is 3.94. The fraction of sp³-hybridized carbons (Fsp3) is 1.00. The highest BCUT2D eigenvalue weighted by atomic mass is 14.9. The molecule has 1 nitrogen and oxygen atoms in total. The van der Waals surface area contributed by atoms with Crippen molar-refractivity contribution in [3.63, 3.8) is 0 Å². The summed E-state index contributed by atoms with van der Waals surface area (Å²) in [5.41, 5.74) is 0. The molecule has 0 aromatic heterocycles. The molecule has 16 heavy (non-hydrogen) atoms. The molecule has 1 heteroatoms. The van der Waals surface area contributed by atoms with Crippen LogP contribution in [0.2, 0.25) is 0 Å². The van der Waals surface area contributed by atoms with Crippen molar-refractivity contribution in [2.24, 2.45) is 35.5 Å². The van der Waals surface area contributed by atoms with Gasteiger partial charge in [-0.2, -0.15) is 0 Å². The van der Waals surface area contributed by atoms with Gasteiger partial charge in [0.25, 0.3) is 0 Å². The lowest BCUT2D eigenvalue weighted by Crippen LogP contribution is -2.30. The Bertz CT molecular complexity index is 215. The maximum atomic E-state index is 3.66. The van der Waals surface area contributed by atoms with E-state index in [9.17, 15) is 0 Å². The lowest BCUT2D eigenvalue weighted by atomic mass is 9.75. The number of hydrogen-bond acceptors (Lipinski definition) is 1. The van der Waals surface area contributed by atoms with E-state index in [1.54, 1.807) is 0 Å². The molecular formula is C15H29N. The van der Waals surface area contributed by atoms with Crippen molar-refractivity contribution in [2.75, 3.05) is 13.1 Å². The molecule has 1 N–H and O–H groups in total. The van der Waals surface area contributed by atoms with Crippen LogP contribution in [0.15, 0.2) is 0 Å². The summed E-state index contributed by atoms with van der Waals surface area (Å²) in [6.07, 6.45) is 4.32. The van der Waals surface area contributed by atoms with Gasteiger partial charge >= 0.3 is 0 Å². The first-order chi connectivity index (χ1) is 7.59.